The number of hydrogen-bond acceptors (Lipinski definition) is 2. The van der Waals surface area contributed by atoms with Gasteiger partial charge in [0.25, 0.3) is 0 Å². The first-order valence-corrected chi connectivity index (χ1v) is 7.42. The summed E-state index contributed by atoms with van der Waals surface area (Å²) in [7, 11) is 0. The molecule has 2 saturated heterocycles. The van der Waals surface area contributed by atoms with Crippen LogP contribution in [0.4, 0.5) is 5.69 Å². The summed E-state index contributed by atoms with van der Waals surface area (Å²) in [4.78, 5) is 2.47. The molecule has 0 aromatic heterocycles. The molecule has 2 aliphatic rings. The first kappa shape index (κ1) is 12.3. The molecule has 1 atom stereocenters. The molecule has 98 valence electrons. The molecule has 2 fully saturated rings. The molecule has 1 aromatic rings. The number of nitrogens with one attached hydrogen (secondary N) is 1. The fourth-order valence-electron chi connectivity index (χ4n) is 3.41. The van der Waals surface area contributed by atoms with Gasteiger partial charge in [0, 0.05) is 13.1 Å². The van der Waals surface area contributed by atoms with E-state index >= 15 is 0 Å². The average Bonchev–Trinajstić information content (AvgIpc) is 2.90. The lowest BCUT2D eigenvalue weighted by Gasteiger charge is -2.28. The maximum absolute atomic E-state index is 6.29. The monoisotopic (exact) mass is 264 g/mol. The minimum atomic E-state index is 0.864. The number of para-hydroxylation sites is 1. The molecule has 1 aromatic carbocycles. The number of piperidine rings is 1. The van der Waals surface area contributed by atoms with Gasteiger partial charge in [-0.15, -0.1) is 0 Å². The van der Waals surface area contributed by atoms with Gasteiger partial charge in [0.2, 0.25) is 0 Å². The molecule has 0 aliphatic carbocycles. The second-order valence-corrected chi connectivity index (χ2v) is 5.94. The van der Waals surface area contributed by atoms with Gasteiger partial charge in [0.05, 0.1) is 10.7 Å². The normalized spacial score (nSPS) is 25.6. The molecule has 0 radical (unpaired) electrons. The number of benzene rings is 1. The highest BCUT2D eigenvalue weighted by atomic mass is 35.5. The zero-order valence-corrected chi connectivity index (χ0v) is 11.5. The zero-order chi connectivity index (χ0) is 12.4. The van der Waals surface area contributed by atoms with E-state index in [0.29, 0.717) is 0 Å². The van der Waals surface area contributed by atoms with Crippen molar-refractivity contribution >= 4 is 17.3 Å². The minimum absolute atomic E-state index is 0.864. The average molecular weight is 265 g/mol. The van der Waals surface area contributed by atoms with Crippen molar-refractivity contribution in [1.29, 1.82) is 0 Å². The van der Waals surface area contributed by atoms with Crippen molar-refractivity contribution in [2.75, 3.05) is 31.1 Å². The maximum atomic E-state index is 6.29. The second kappa shape index (κ2) is 5.50. The Kier molecular flexibility index (Phi) is 3.76. The Morgan fingerprint density at radius 3 is 2.61 bits per heavy atom. The summed E-state index contributed by atoms with van der Waals surface area (Å²) in [5.41, 5.74) is 1.22. The van der Waals surface area contributed by atoms with E-state index in [-0.39, 0.29) is 0 Å². The van der Waals surface area contributed by atoms with Gasteiger partial charge in [0.15, 0.2) is 0 Å². The van der Waals surface area contributed by atoms with Crippen LogP contribution in [0.3, 0.4) is 0 Å². The minimum Gasteiger partial charge on any atom is -0.370 e. The van der Waals surface area contributed by atoms with Gasteiger partial charge in [-0.2, -0.15) is 0 Å². The van der Waals surface area contributed by atoms with Gasteiger partial charge >= 0.3 is 0 Å². The van der Waals surface area contributed by atoms with Crippen LogP contribution in [-0.4, -0.2) is 26.2 Å². The Morgan fingerprint density at radius 1 is 1.06 bits per heavy atom. The highest BCUT2D eigenvalue weighted by molar-refractivity contribution is 6.33. The fourth-order valence-corrected chi connectivity index (χ4v) is 3.67. The number of anilines is 1. The molecule has 18 heavy (non-hydrogen) atoms. The first-order valence-electron chi connectivity index (χ1n) is 7.05. The van der Waals surface area contributed by atoms with Gasteiger partial charge in [-0.3, -0.25) is 0 Å². The van der Waals surface area contributed by atoms with Gasteiger partial charge < -0.3 is 10.2 Å². The summed E-state index contributed by atoms with van der Waals surface area (Å²) in [6.07, 6.45) is 4.03. The van der Waals surface area contributed by atoms with Crippen LogP contribution in [0.5, 0.6) is 0 Å². The van der Waals surface area contributed by atoms with Crippen LogP contribution in [0.15, 0.2) is 24.3 Å². The predicted octanol–water partition coefficient (Wildman–Crippen LogP) is 3.17. The molecule has 2 aliphatic heterocycles. The second-order valence-electron chi connectivity index (χ2n) is 5.53. The highest BCUT2D eigenvalue weighted by Gasteiger charge is 2.30. The lowest BCUT2D eigenvalue weighted by atomic mass is 9.84. The number of rotatable bonds is 2. The van der Waals surface area contributed by atoms with Crippen LogP contribution in [-0.2, 0) is 0 Å². The van der Waals surface area contributed by atoms with Crippen molar-refractivity contribution in [2.45, 2.75) is 19.3 Å². The van der Waals surface area contributed by atoms with E-state index in [9.17, 15) is 0 Å². The van der Waals surface area contributed by atoms with Crippen LogP contribution in [0.25, 0.3) is 0 Å². The van der Waals surface area contributed by atoms with Crippen molar-refractivity contribution < 1.29 is 0 Å². The lowest BCUT2D eigenvalue weighted by Crippen LogP contribution is -2.32. The van der Waals surface area contributed by atoms with E-state index in [1.807, 2.05) is 12.1 Å². The molecule has 0 spiro atoms. The molecule has 1 unspecified atom stereocenters. The lowest BCUT2D eigenvalue weighted by molar-refractivity contribution is 0.276. The molecule has 1 N–H and O–H groups in total. The first-order chi connectivity index (χ1) is 8.84. The van der Waals surface area contributed by atoms with E-state index in [0.717, 1.165) is 16.9 Å². The van der Waals surface area contributed by atoms with Gasteiger partial charge in [-0.1, -0.05) is 23.7 Å². The van der Waals surface area contributed by atoms with Crippen LogP contribution >= 0.6 is 11.6 Å². The quantitative estimate of drug-likeness (QED) is 0.883. The summed E-state index contributed by atoms with van der Waals surface area (Å²) >= 11 is 6.29. The van der Waals surface area contributed by atoms with E-state index < -0.39 is 0 Å². The smallest absolute Gasteiger partial charge is 0.0639 e. The third kappa shape index (κ3) is 2.50. The molecule has 0 saturated carbocycles. The molecule has 3 rings (SSSR count). The summed E-state index contributed by atoms with van der Waals surface area (Å²) in [6.45, 7) is 4.76. The summed E-state index contributed by atoms with van der Waals surface area (Å²) in [5, 5.41) is 4.35. The van der Waals surface area contributed by atoms with Crippen LogP contribution in [0, 0.1) is 11.8 Å². The molecule has 0 amide bonds. The highest BCUT2D eigenvalue weighted by Crippen LogP contribution is 2.35. The molecule has 2 nitrogen and oxygen atoms in total. The van der Waals surface area contributed by atoms with Crippen molar-refractivity contribution in [2.24, 2.45) is 11.8 Å². The predicted molar refractivity (Wildman–Crippen MR) is 77.4 cm³/mol. The Morgan fingerprint density at radius 2 is 1.83 bits per heavy atom. The standard InChI is InChI=1S/C15H21ClN2/c16-14-3-1-2-4-15(14)18-10-7-13(11-18)12-5-8-17-9-6-12/h1-4,12-13,17H,5-11H2. The van der Waals surface area contributed by atoms with E-state index in [2.05, 4.69) is 22.3 Å². The third-order valence-electron chi connectivity index (χ3n) is 4.47. The number of nitrogens with zero attached hydrogens (tertiary/aromatic N) is 1. The van der Waals surface area contributed by atoms with Gasteiger partial charge in [-0.25, -0.2) is 0 Å². The van der Waals surface area contributed by atoms with E-state index in [1.165, 1.54) is 51.1 Å². The molecule has 2 heterocycles. The van der Waals surface area contributed by atoms with E-state index in [1.54, 1.807) is 0 Å². The Labute approximate surface area is 114 Å². The number of halogens is 1. The summed E-state index contributed by atoms with van der Waals surface area (Å²) in [6, 6.07) is 8.23. The molecule has 0 bridgehead atoms. The van der Waals surface area contributed by atoms with Crippen molar-refractivity contribution in [3.63, 3.8) is 0 Å². The van der Waals surface area contributed by atoms with Crippen molar-refractivity contribution in [1.82, 2.24) is 5.32 Å². The van der Waals surface area contributed by atoms with Crippen LogP contribution in [0.2, 0.25) is 5.02 Å². The Bertz CT molecular complexity index is 401. The number of hydrogen-bond donors (Lipinski definition) is 1. The van der Waals surface area contributed by atoms with Crippen molar-refractivity contribution in [3.05, 3.63) is 29.3 Å². The Balaban J connectivity index is 1.66. The van der Waals surface area contributed by atoms with Crippen LogP contribution in [0.1, 0.15) is 19.3 Å². The van der Waals surface area contributed by atoms with Gasteiger partial charge in [0.1, 0.15) is 0 Å². The summed E-state index contributed by atoms with van der Waals surface area (Å²) < 4.78 is 0. The third-order valence-corrected chi connectivity index (χ3v) is 4.79. The maximum Gasteiger partial charge on any atom is 0.0639 e. The zero-order valence-electron chi connectivity index (χ0n) is 10.7. The topological polar surface area (TPSA) is 15.3 Å². The summed E-state index contributed by atoms with van der Waals surface area (Å²) in [5.74, 6) is 1.78. The molecular weight excluding hydrogens is 244 g/mol. The van der Waals surface area contributed by atoms with E-state index in [4.69, 9.17) is 11.6 Å². The SMILES string of the molecule is Clc1ccccc1N1CCC(C2CCNCC2)C1. The molecule has 3 heteroatoms. The molecular formula is C15H21ClN2. The fraction of sp³-hybridized carbons (Fsp3) is 0.600. The van der Waals surface area contributed by atoms with Gasteiger partial charge in [-0.05, 0) is 56.3 Å². The van der Waals surface area contributed by atoms with Crippen LogP contribution < -0.4 is 10.2 Å². The van der Waals surface area contributed by atoms with Crippen molar-refractivity contribution in [3.8, 4) is 0 Å². The Hall–Kier alpha value is -0.730. The largest absolute Gasteiger partial charge is 0.370 e.